The summed E-state index contributed by atoms with van der Waals surface area (Å²) in [6.07, 6.45) is -0.720. The first-order valence-corrected chi connectivity index (χ1v) is 4.52. The van der Waals surface area contributed by atoms with Gasteiger partial charge in [0, 0.05) is 6.42 Å². The van der Waals surface area contributed by atoms with E-state index in [2.05, 4.69) is 4.98 Å². The maximum absolute atomic E-state index is 13.1. The summed E-state index contributed by atoms with van der Waals surface area (Å²) in [4.78, 5) is 14.5. The number of halogens is 3. The van der Waals surface area contributed by atoms with Gasteiger partial charge >= 0.3 is 5.97 Å². The molecular weight excluding hydrogens is 228 g/mol. The summed E-state index contributed by atoms with van der Waals surface area (Å²) in [7, 11) is 0. The molecule has 0 spiro atoms. The van der Waals surface area contributed by atoms with E-state index in [4.69, 9.17) is 16.7 Å². The van der Waals surface area contributed by atoms with E-state index in [1.54, 1.807) is 0 Å². The van der Waals surface area contributed by atoms with Gasteiger partial charge in [-0.15, -0.1) is 0 Å². The minimum absolute atomic E-state index is 0.0100. The number of nitrogens with zero attached hydrogens (tertiary/aromatic N) is 1. The van der Waals surface area contributed by atoms with Crippen molar-refractivity contribution < 1.29 is 18.7 Å². The Morgan fingerprint density at radius 2 is 2.13 bits per heavy atom. The Bertz CT molecular complexity index is 438. The number of alkyl halides is 2. The van der Waals surface area contributed by atoms with Crippen molar-refractivity contribution in [2.75, 3.05) is 0 Å². The average Bonchev–Trinajstić information content (AvgIpc) is 2.71. The minimum Gasteiger partial charge on any atom is -0.480 e. The molecule has 0 radical (unpaired) electrons. The van der Waals surface area contributed by atoms with Gasteiger partial charge in [0.05, 0.1) is 5.69 Å². The third kappa shape index (κ3) is 1.30. The van der Waals surface area contributed by atoms with Crippen LogP contribution in [0.3, 0.4) is 0 Å². The van der Waals surface area contributed by atoms with Crippen LogP contribution in [0.1, 0.15) is 12.1 Å². The van der Waals surface area contributed by atoms with Crippen molar-refractivity contribution in [1.29, 1.82) is 0 Å². The third-order valence-corrected chi connectivity index (χ3v) is 2.71. The maximum Gasteiger partial charge on any atom is 0.322 e. The monoisotopic (exact) mass is 233 g/mol. The maximum atomic E-state index is 13.1. The van der Waals surface area contributed by atoms with E-state index in [9.17, 15) is 13.6 Å². The Morgan fingerprint density at radius 3 is 2.53 bits per heavy atom. The van der Waals surface area contributed by atoms with E-state index in [1.165, 1.54) is 18.2 Å². The number of carboxylic acids is 1. The fraction of sp³-hybridized carbons (Fsp3) is 0.333. The van der Waals surface area contributed by atoms with Crippen molar-refractivity contribution in [3.05, 3.63) is 29.0 Å². The molecule has 1 aliphatic carbocycles. The van der Waals surface area contributed by atoms with Crippen LogP contribution in [0.5, 0.6) is 0 Å². The summed E-state index contributed by atoms with van der Waals surface area (Å²) in [5.74, 6) is -4.81. The zero-order valence-corrected chi connectivity index (χ0v) is 8.13. The molecule has 1 fully saturated rings. The SMILES string of the molecule is O=C(O)C1(c2cccc(Cl)n2)CC1(F)F. The van der Waals surface area contributed by atoms with Gasteiger partial charge in [-0.25, -0.2) is 13.8 Å². The molecule has 0 aliphatic heterocycles. The molecule has 1 aromatic heterocycles. The van der Waals surface area contributed by atoms with E-state index >= 15 is 0 Å². The molecule has 1 atom stereocenters. The summed E-state index contributed by atoms with van der Waals surface area (Å²) in [6.45, 7) is 0. The molecule has 0 saturated heterocycles. The van der Waals surface area contributed by atoms with E-state index in [0.29, 0.717) is 0 Å². The lowest BCUT2D eigenvalue weighted by Gasteiger charge is -2.10. The van der Waals surface area contributed by atoms with E-state index in [0.717, 1.165) is 0 Å². The van der Waals surface area contributed by atoms with Gasteiger partial charge in [-0.2, -0.15) is 0 Å². The molecule has 1 heterocycles. The number of rotatable bonds is 2. The molecule has 3 nitrogen and oxygen atoms in total. The second-order valence-corrected chi connectivity index (χ2v) is 3.82. The number of aliphatic carboxylic acids is 1. The van der Waals surface area contributed by atoms with Gasteiger partial charge in [-0.05, 0) is 12.1 Å². The largest absolute Gasteiger partial charge is 0.480 e. The number of hydrogen-bond donors (Lipinski definition) is 1. The quantitative estimate of drug-likeness (QED) is 0.796. The van der Waals surface area contributed by atoms with Crippen LogP contribution in [0.15, 0.2) is 18.2 Å². The molecular formula is C9H6ClF2NO2. The van der Waals surface area contributed by atoms with E-state index in [1.807, 2.05) is 0 Å². The predicted octanol–water partition coefficient (Wildman–Crippen LogP) is 2.10. The number of aromatic nitrogens is 1. The van der Waals surface area contributed by atoms with Crippen molar-refractivity contribution in [3.63, 3.8) is 0 Å². The van der Waals surface area contributed by atoms with Crippen molar-refractivity contribution in [2.45, 2.75) is 17.8 Å². The molecule has 80 valence electrons. The normalized spacial score (nSPS) is 27.4. The van der Waals surface area contributed by atoms with Crippen LogP contribution in [-0.4, -0.2) is 22.0 Å². The number of pyridine rings is 1. The molecule has 1 saturated carbocycles. The Balaban J connectivity index is 2.50. The summed E-state index contributed by atoms with van der Waals surface area (Å²) >= 11 is 5.53. The molecule has 15 heavy (non-hydrogen) atoms. The first-order chi connectivity index (χ1) is 6.90. The van der Waals surface area contributed by atoms with Gasteiger partial charge in [0.25, 0.3) is 5.92 Å². The fourth-order valence-electron chi connectivity index (χ4n) is 1.55. The van der Waals surface area contributed by atoms with E-state index < -0.39 is 23.7 Å². The summed E-state index contributed by atoms with van der Waals surface area (Å²) < 4.78 is 26.1. The van der Waals surface area contributed by atoms with Gasteiger partial charge in [0.15, 0.2) is 5.41 Å². The fourth-order valence-corrected chi connectivity index (χ4v) is 1.72. The van der Waals surface area contributed by atoms with Crippen LogP contribution in [0.25, 0.3) is 0 Å². The molecule has 1 aromatic rings. The first kappa shape index (κ1) is 10.3. The van der Waals surface area contributed by atoms with Gasteiger partial charge in [-0.1, -0.05) is 17.7 Å². The highest BCUT2D eigenvalue weighted by Gasteiger charge is 2.78. The highest BCUT2D eigenvalue weighted by Crippen LogP contribution is 2.61. The van der Waals surface area contributed by atoms with E-state index in [-0.39, 0.29) is 10.8 Å². The van der Waals surface area contributed by atoms with Crippen molar-refractivity contribution >= 4 is 17.6 Å². The topological polar surface area (TPSA) is 50.2 Å². The summed E-state index contributed by atoms with van der Waals surface area (Å²) in [6, 6.07) is 4.06. The molecule has 1 unspecified atom stereocenters. The van der Waals surface area contributed by atoms with Crippen LogP contribution < -0.4 is 0 Å². The predicted molar refractivity (Wildman–Crippen MR) is 48.1 cm³/mol. The molecule has 0 aromatic carbocycles. The lowest BCUT2D eigenvalue weighted by atomic mass is 10.0. The highest BCUT2D eigenvalue weighted by molar-refractivity contribution is 6.29. The molecule has 1 N–H and O–H groups in total. The van der Waals surface area contributed by atoms with Crippen LogP contribution >= 0.6 is 11.6 Å². The van der Waals surface area contributed by atoms with Crippen molar-refractivity contribution in [2.24, 2.45) is 0 Å². The van der Waals surface area contributed by atoms with Gasteiger partial charge < -0.3 is 5.11 Å². The Labute approximate surface area is 88.7 Å². The van der Waals surface area contributed by atoms with Crippen LogP contribution in [0, 0.1) is 0 Å². The van der Waals surface area contributed by atoms with Crippen molar-refractivity contribution in [3.8, 4) is 0 Å². The summed E-state index contributed by atoms with van der Waals surface area (Å²) in [5.41, 5.74) is -2.37. The Morgan fingerprint density at radius 1 is 1.53 bits per heavy atom. The molecule has 0 amide bonds. The van der Waals surface area contributed by atoms with Crippen LogP contribution in [0.2, 0.25) is 5.15 Å². The average molecular weight is 234 g/mol. The number of hydrogen-bond acceptors (Lipinski definition) is 2. The first-order valence-electron chi connectivity index (χ1n) is 4.14. The zero-order chi connectivity index (χ0) is 11.3. The number of carbonyl (C=O) groups is 1. The molecule has 2 rings (SSSR count). The standard InChI is InChI=1S/C9H6ClF2NO2/c10-6-3-1-2-5(13-6)8(7(14)15)4-9(8,11)12/h1-3H,4H2,(H,14,15). The van der Waals surface area contributed by atoms with Gasteiger partial charge in [-0.3, -0.25) is 4.79 Å². The zero-order valence-electron chi connectivity index (χ0n) is 7.38. The molecule has 1 aliphatic rings. The van der Waals surface area contributed by atoms with Crippen molar-refractivity contribution in [1.82, 2.24) is 4.98 Å². The highest BCUT2D eigenvalue weighted by atomic mass is 35.5. The number of carboxylic acid groups (broad SMARTS) is 1. The van der Waals surface area contributed by atoms with Crippen LogP contribution in [-0.2, 0) is 10.2 Å². The summed E-state index contributed by atoms with van der Waals surface area (Å²) in [5, 5.41) is 8.83. The second kappa shape index (κ2) is 2.88. The lowest BCUT2D eigenvalue weighted by molar-refractivity contribution is -0.143. The Hall–Kier alpha value is -1.23. The Kier molecular flexibility index (Phi) is 1.98. The molecule has 0 bridgehead atoms. The second-order valence-electron chi connectivity index (χ2n) is 3.44. The van der Waals surface area contributed by atoms with Gasteiger partial charge in [0.2, 0.25) is 0 Å². The van der Waals surface area contributed by atoms with Gasteiger partial charge in [0.1, 0.15) is 5.15 Å². The lowest BCUT2D eigenvalue weighted by Crippen LogP contribution is -2.28. The van der Waals surface area contributed by atoms with Crippen LogP contribution in [0.4, 0.5) is 8.78 Å². The minimum atomic E-state index is -3.24. The smallest absolute Gasteiger partial charge is 0.322 e. The third-order valence-electron chi connectivity index (χ3n) is 2.50. The molecule has 6 heteroatoms.